The monoisotopic (exact) mass is 189 g/mol. The summed E-state index contributed by atoms with van der Waals surface area (Å²) in [5.41, 5.74) is 1.96. The van der Waals surface area contributed by atoms with E-state index >= 15 is 0 Å². The van der Waals surface area contributed by atoms with Crippen LogP contribution in [0.3, 0.4) is 0 Å². The molecule has 0 bridgehead atoms. The van der Waals surface area contributed by atoms with Gasteiger partial charge in [0.1, 0.15) is 5.82 Å². The van der Waals surface area contributed by atoms with Crippen molar-refractivity contribution >= 4 is 10.8 Å². The third kappa shape index (κ3) is 1.48. The zero-order valence-electron chi connectivity index (χ0n) is 8.34. The van der Waals surface area contributed by atoms with Gasteiger partial charge in [-0.05, 0) is 36.9 Å². The number of pyridine rings is 1. The Morgan fingerprint density at radius 1 is 1.29 bits per heavy atom. The van der Waals surface area contributed by atoms with E-state index < -0.39 is 0 Å². The molecule has 0 aliphatic rings. The van der Waals surface area contributed by atoms with Gasteiger partial charge in [-0.1, -0.05) is 13.0 Å². The molecule has 0 amide bonds. The van der Waals surface area contributed by atoms with E-state index in [-0.39, 0.29) is 5.82 Å². The summed E-state index contributed by atoms with van der Waals surface area (Å²) in [5, 5.41) is 1.97. The second-order valence-corrected chi connectivity index (χ2v) is 3.42. The molecular weight excluding hydrogens is 177 g/mol. The van der Waals surface area contributed by atoms with Gasteiger partial charge in [-0.15, -0.1) is 0 Å². The second kappa shape index (κ2) is 3.37. The molecule has 0 radical (unpaired) electrons. The molecule has 0 fully saturated rings. The molecule has 72 valence electrons. The van der Waals surface area contributed by atoms with Crippen LogP contribution in [0.2, 0.25) is 0 Å². The van der Waals surface area contributed by atoms with E-state index in [1.54, 1.807) is 6.07 Å². The fourth-order valence-electron chi connectivity index (χ4n) is 1.64. The van der Waals surface area contributed by atoms with Crippen molar-refractivity contribution in [3.63, 3.8) is 0 Å². The zero-order chi connectivity index (χ0) is 10.1. The summed E-state index contributed by atoms with van der Waals surface area (Å²) in [4.78, 5) is 4.39. The van der Waals surface area contributed by atoms with Gasteiger partial charge in [0, 0.05) is 16.8 Å². The topological polar surface area (TPSA) is 12.9 Å². The largest absolute Gasteiger partial charge is 0.258 e. The minimum atomic E-state index is -0.202. The SMILES string of the molecule is CCc1cc2ccc(F)cc2c(C)n1. The molecule has 1 heterocycles. The molecule has 14 heavy (non-hydrogen) atoms. The van der Waals surface area contributed by atoms with Gasteiger partial charge in [-0.2, -0.15) is 0 Å². The van der Waals surface area contributed by atoms with Crippen LogP contribution in [-0.4, -0.2) is 4.98 Å². The van der Waals surface area contributed by atoms with E-state index in [2.05, 4.69) is 11.9 Å². The molecule has 0 saturated carbocycles. The number of hydrogen-bond donors (Lipinski definition) is 0. The maximum atomic E-state index is 13.0. The van der Waals surface area contributed by atoms with E-state index in [4.69, 9.17) is 0 Å². The lowest BCUT2D eigenvalue weighted by molar-refractivity contribution is 0.629. The van der Waals surface area contributed by atoms with Crippen LogP contribution in [0.25, 0.3) is 10.8 Å². The van der Waals surface area contributed by atoms with Crippen molar-refractivity contribution in [2.45, 2.75) is 20.3 Å². The summed E-state index contributed by atoms with van der Waals surface area (Å²) in [6.07, 6.45) is 0.911. The Labute approximate surface area is 82.6 Å². The van der Waals surface area contributed by atoms with Gasteiger partial charge in [-0.3, -0.25) is 4.98 Å². The molecule has 0 spiro atoms. The second-order valence-electron chi connectivity index (χ2n) is 3.42. The van der Waals surface area contributed by atoms with Crippen LogP contribution in [0.1, 0.15) is 18.3 Å². The normalized spacial score (nSPS) is 10.8. The highest BCUT2D eigenvalue weighted by Gasteiger charge is 2.02. The van der Waals surface area contributed by atoms with Crippen molar-refractivity contribution < 1.29 is 4.39 Å². The maximum absolute atomic E-state index is 13.0. The van der Waals surface area contributed by atoms with Crippen molar-refractivity contribution in [2.24, 2.45) is 0 Å². The number of nitrogens with zero attached hydrogens (tertiary/aromatic N) is 1. The number of hydrogen-bond acceptors (Lipinski definition) is 1. The molecule has 0 N–H and O–H groups in total. The zero-order valence-corrected chi connectivity index (χ0v) is 8.34. The van der Waals surface area contributed by atoms with Crippen LogP contribution >= 0.6 is 0 Å². The van der Waals surface area contributed by atoms with Gasteiger partial charge in [0.25, 0.3) is 0 Å². The first-order valence-electron chi connectivity index (χ1n) is 4.76. The fourth-order valence-corrected chi connectivity index (χ4v) is 1.64. The fraction of sp³-hybridized carbons (Fsp3) is 0.250. The van der Waals surface area contributed by atoms with Gasteiger partial charge in [0.05, 0.1) is 0 Å². The van der Waals surface area contributed by atoms with Gasteiger partial charge in [-0.25, -0.2) is 4.39 Å². The van der Waals surface area contributed by atoms with E-state index in [1.165, 1.54) is 12.1 Å². The lowest BCUT2D eigenvalue weighted by atomic mass is 10.1. The number of fused-ring (bicyclic) bond motifs is 1. The van der Waals surface area contributed by atoms with E-state index in [0.717, 1.165) is 28.6 Å². The standard InChI is InChI=1S/C12H12FN/c1-3-11-6-9-4-5-10(13)7-12(9)8(2)14-11/h4-7H,3H2,1-2H3. The number of halogens is 1. The van der Waals surface area contributed by atoms with Crippen molar-refractivity contribution in [1.29, 1.82) is 0 Å². The first-order valence-corrected chi connectivity index (χ1v) is 4.76. The quantitative estimate of drug-likeness (QED) is 0.671. The lowest BCUT2D eigenvalue weighted by Crippen LogP contribution is -1.92. The number of aryl methyl sites for hydroxylation is 2. The van der Waals surface area contributed by atoms with E-state index in [9.17, 15) is 4.39 Å². The van der Waals surface area contributed by atoms with Crippen LogP contribution < -0.4 is 0 Å². The van der Waals surface area contributed by atoms with Gasteiger partial charge < -0.3 is 0 Å². The summed E-state index contributed by atoms with van der Waals surface area (Å²) < 4.78 is 13.0. The Morgan fingerprint density at radius 2 is 2.07 bits per heavy atom. The molecule has 0 saturated heterocycles. The van der Waals surface area contributed by atoms with E-state index in [0.29, 0.717) is 0 Å². The highest BCUT2D eigenvalue weighted by molar-refractivity contribution is 5.84. The van der Waals surface area contributed by atoms with Crippen LogP contribution in [0.5, 0.6) is 0 Å². The smallest absolute Gasteiger partial charge is 0.123 e. The third-order valence-corrected chi connectivity index (χ3v) is 2.40. The molecule has 1 aromatic carbocycles. The lowest BCUT2D eigenvalue weighted by Gasteiger charge is -2.04. The van der Waals surface area contributed by atoms with Crippen molar-refractivity contribution in [2.75, 3.05) is 0 Å². The minimum absolute atomic E-state index is 0.202. The summed E-state index contributed by atoms with van der Waals surface area (Å²) in [7, 11) is 0. The predicted molar refractivity (Wildman–Crippen MR) is 55.8 cm³/mol. The first kappa shape index (κ1) is 9.13. The van der Waals surface area contributed by atoms with Crippen LogP contribution in [0, 0.1) is 12.7 Å². The van der Waals surface area contributed by atoms with Gasteiger partial charge in [0.2, 0.25) is 0 Å². The van der Waals surface area contributed by atoms with Crippen LogP contribution in [0.15, 0.2) is 24.3 Å². The molecule has 2 rings (SSSR count). The van der Waals surface area contributed by atoms with Crippen molar-refractivity contribution in [1.82, 2.24) is 4.98 Å². The molecule has 2 aromatic rings. The molecule has 1 aromatic heterocycles. The van der Waals surface area contributed by atoms with Crippen LogP contribution in [0.4, 0.5) is 4.39 Å². The molecule has 0 aliphatic carbocycles. The highest BCUT2D eigenvalue weighted by Crippen LogP contribution is 2.19. The molecular formula is C12H12FN. The van der Waals surface area contributed by atoms with Crippen molar-refractivity contribution in [3.8, 4) is 0 Å². The molecule has 0 aliphatic heterocycles. The summed E-state index contributed by atoms with van der Waals surface area (Å²) >= 11 is 0. The molecule has 0 atom stereocenters. The minimum Gasteiger partial charge on any atom is -0.258 e. The molecule has 2 heteroatoms. The number of benzene rings is 1. The van der Waals surface area contributed by atoms with Crippen molar-refractivity contribution in [3.05, 3.63) is 41.5 Å². The summed E-state index contributed by atoms with van der Waals surface area (Å²) in [5.74, 6) is -0.202. The van der Waals surface area contributed by atoms with Gasteiger partial charge >= 0.3 is 0 Å². The maximum Gasteiger partial charge on any atom is 0.123 e. The Bertz CT molecular complexity index is 477. The van der Waals surface area contributed by atoms with Crippen LogP contribution in [-0.2, 0) is 6.42 Å². The third-order valence-electron chi connectivity index (χ3n) is 2.40. The number of rotatable bonds is 1. The first-order chi connectivity index (χ1) is 6.70. The molecule has 1 nitrogen and oxygen atoms in total. The molecule has 0 unspecified atom stereocenters. The van der Waals surface area contributed by atoms with Gasteiger partial charge in [0.15, 0.2) is 0 Å². The van der Waals surface area contributed by atoms with E-state index in [1.807, 2.05) is 13.0 Å². The Morgan fingerprint density at radius 3 is 2.79 bits per heavy atom. The average molecular weight is 189 g/mol. The Kier molecular flexibility index (Phi) is 2.20. The highest BCUT2D eigenvalue weighted by atomic mass is 19.1. The summed E-state index contributed by atoms with van der Waals surface area (Å²) in [6, 6.07) is 6.85. The predicted octanol–water partition coefficient (Wildman–Crippen LogP) is 3.24. The Hall–Kier alpha value is -1.44. The Balaban J connectivity index is 2.76. The average Bonchev–Trinajstić information content (AvgIpc) is 2.19. The number of aromatic nitrogens is 1. The summed E-state index contributed by atoms with van der Waals surface area (Å²) in [6.45, 7) is 3.98.